The zero-order chi connectivity index (χ0) is 22.2. The molecule has 3 rings (SSSR count). The first-order valence-corrected chi connectivity index (χ1v) is 11.2. The van der Waals surface area contributed by atoms with E-state index in [2.05, 4.69) is 5.32 Å². The number of nitrogens with one attached hydrogen (secondary N) is 1. The molecular weight excluding hydrogens is 449 g/mol. The van der Waals surface area contributed by atoms with E-state index in [9.17, 15) is 14.4 Å². The number of likely N-dealkylation sites (tertiary alicyclic amines) is 2. The highest BCUT2D eigenvalue weighted by molar-refractivity contribution is 6.44. The summed E-state index contributed by atoms with van der Waals surface area (Å²) in [5.74, 6) is -0.666. The standard InChI is InChI=1S/C21H26Cl3N3O3/c1-21(2,3)27-11-13(8-18(27)28)20(30)26-6-4-12(5-7-26)19(29)25-17-10-15(23)14(22)9-16(17)24/h9-10,12-13H,4-8,11H2,1-3H3,(H,25,29). The van der Waals surface area contributed by atoms with E-state index in [0.717, 1.165) is 0 Å². The topological polar surface area (TPSA) is 69.7 Å². The zero-order valence-corrected chi connectivity index (χ0v) is 19.6. The molecule has 3 amide bonds. The minimum Gasteiger partial charge on any atom is -0.342 e. The molecular formula is C21H26Cl3N3O3. The summed E-state index contributed by atoms with van der Waals surface area (Å²) in [5, 5.41) is 3.76. The lowest BCUT2D eigenvalue weighted by atomic mass is 9.94. The second-order valence-corrected chi connectivity index (χ2v) is 10.1. The van der Waals surface area contributed by atoms with E-state index in [4.69, 9.17) is 34.8 Å². The summed E-state index contributed by atoms with van der Waals surface area (Å²) in [6, 6.07) is 3.02. The van der Waals surface area contributed by atoms with Crippen LogP contribution in [0, 0.1) is 11.8 Å². The molecule has 30 heavy (non-hydrogen) atoms. The molecule has 0 aliphatic carbocycles. The number of carbonyl (C=O) groups is 3. The highest BCUT2D eigenvalue weighted by Gasteiger charge is 2.41. The van der Waals surface area contributed by atoms with Crippen LogP contribution in [0.15, 0.2) is 12.1 Å². The molecule has 0 bridgehead atoms. The van der Waals surface area contributed by atoms with Crippen molar-refractivity contribution in [2.45, 2.75) is 45.6 Å². The molecule has 2 heterocycles. The van der Waals surface area contributed by atoms with Gasteiger partial charge in [0.1, 0.15) is 0 Å². The predicted octanol–water partition coefficient (Wildman–Crippen LogP) is 4.47. The Kier molecular flexibility index (Phi) is 6.90. The van der Waals surface area contributed by atoms with Gasteiger partial charge in [-0.2, -0.15) is 0 Å². The number of anilines is 1. The minimum atomic E-state index is -0.308. The van der Waals surface area contributed by atoms with Crippen molar-refractivity contribution in [3.05, 3.63) is 27.2 Å². The van der Waals surface area contributed by atoms with Crippen LogP contribution in [0.4, 0.5) is 5.69 Å². The van der Waals surface area contributed by atoms with Crippen LogP contribution in [0.2, 0.25) is 15.1 Å². The van der Waals surface area contributed by atoms with Crippen molar-refractivity contribution in [2.24, 2.45) is 11.8 Å². The van der Waals surface area contributed by atoms with Gasteiger partial charge < -0.3 is 15.1 Å². The molecule has 9 heteroatoms. The lowest BCUT2D eigenvalue weighted by Crippen LogP contribution is -2.46. The van der Waals surface area contributed by atoms with E-state index < -0.39 is 0 Å². The quantitative estimate of drug-likeness (QED) is 0.657. The van der Waals surface area contributed by atoms with Crippen molar-refractivity contribution < 1.29 is 14.4 Å². The van der Waals surface area contributed by atoms with Gasteiger partial charge >= 0.3 is 0 Å². The van der Waals surface area contributed by atoms with E-state index in [1.54, 1.807) is 9.80 Å². The van der Waals surface area contributed by atoms with Gasteiger partial charge in [0.2, 0.25) is 17.7 Å². The molecule has 2 saturated heterocycles. The molecule has 2 fully saturated rings. The normalized spacial score (nSPS) is 20.6. The maximum absolute atomic E-state index is 12.9. The number of rotatable bonds is 3. The summed E-state index contributed by atoms with van der Waals surface area (Å²) in [5.41, 5.74) is 0.129. The Morgan fingerprint density at radius 2 is 1.60 bits per heavy atom. The summed E-state index contributed by atoms with van der Waals surface area (Å²) < 4.78 is 0. The van der Waals surface area contributed by atoms with Crippen molar-refractivity contribution in [1.82, 2.24) is 9.80 Å². The number of benzene rings is 1. The summed E-state index contributed by atoms with van der Waals surface area (Å²) >= 11 is 18.1. The van der Waals surface area contributed by atoms with E-state index in [1.807, 2.05) is 20.8 Å². The zero-order valence-electron chi connectivity index (χ0n) is 17.3. The van der Waals surface area contributed by atoms with Crippen molar-refractivity contribution in [3.8, 4) is 0 Å². The first kappa shape index (κ1) is 23.2. The van der Waals surface area contributed by atoms with Crippen molar-refractivity contribution in [3.63, 3.8) is 0 Å². The maximum atomic E-state index is 12.9. The van der Waals surface area contributed by atoms with Crippen LogP contribution < -0.4 is 5.32 Å². The Labute approximate surface area is 191 Å². The number of hydrogen-bond acceptors (Lipinski definition) is 3. The van der Waals surface area contributed by atoms with Crippen molar-refractivity contribution in [1.29, 1.82) is 0 Å². The van der Waals surface area contributed by atoms with Gasteiger partial charge in [-0.15, -0.1) is 0 Å². The average molecular weight is 475 g/mol. The van der Waals surface area contributed by atoms with Gasteiger partial charge in [0.15, 0.2) is 0 Å². The Morgan fingerprint density at radius 1 is 1.00 bits per heavy atom. The molecule has 1 N–H and O–H groups in total. The van der Waals surface area contributed by atoms with Gasteiger partial charge in [0, 0.05) is 37.5 Å². The fraction of sp³-hybridized carbons (Fsp3) is 0.571. The molecule has 164 valence electrons. The van der Waals surface area contributed by atoms with Crippen LogP contribution in [0.1, 0.15) is 40.0 Å². The monoisotopic (exact) mass is 473 g/mol. The molecule has 1 unspecified atom stereocenters. The Balaban J connectivity index is 1.55. The molecule has 1 aromatic rings. The van der Waals surface area contributed by atoms with Crippen LogP contribution in [-0.4, -0.2) is 52.7 Å². The third-order valence-corrected chi connectivity index (χ3v) is 6.76. The van der Waals surface area contributed by atoms with Gasteiger partial charge in [0.05, 0.1) is 26.7 Å². The lowest BCUT2D eigenvalue weighted by molar-refractivity contribution is -0.138. The summed E-state index contributed by atoms with van der Waals surface area (Å²) in [4.78, 5) is 41.4. The Bertz CT molecular complexity index is 861. The molecule has 0 radical (unpaired) electrons. The number of nitrogens with zero attached hydrogens (tertiary/aromatic N) is 2. The SMILES string of the molecule is CC(C)(C)N1CC(C(=O)N2CCC(C(=O)Nc3cc(Cl)c(Cl)cc3Cl)CC2)CC1=O. The predicted molar refractivity (Wildman–Crippen MR) is 119 cm³/mol. The molecule has 2 aliphatic rings. The Hall–Kier alpha value is -1.50. The molecule has 1 atom stereocenters. The number of halogens is 3. The molecule has 2 aliphatic heterocycles. The second-order valence-electron chi connectivity index (χ2n) is 8.91. The third kappa shape index (κ3) is 5.04. The van der Waals surface area contributed by atoms with E-state index in [1.165, 1.54) is 12.1 Å². The molecule has 1 aromatic carbocycles. The molecule has 0 spiro atoms. The fourth-order valence-corrected chi connectivity index (χ4v) is 4.59. The number of amides is 3. The van der Waals surface area contributed by atoms with Gasteiger partial charge in [-0.3, -0.25) is 14.4 Å². The van der Waals surface area contributed by atoms with Crippen LogP contribution in [-0.2, 0) is 14.4 Å². The largest absolute Gasteiger partial charge is 0.342 e. The molecule has 0 aromatic heterocycles. The average Bonchev–Trinajstić information content (AvgIpc) is 3.07. The summed E-state index contributed by atoms with van der Waals surface area (Å²) in [6.07, 6.45) is 1.37. The van der Waals surface area contributed by atoms with E-state index in [-0.39, 0.29) is 41.5 Å². The van der Waals surface area contributed by atoms with Crippen LogP contribution in [0.25, 0.3) is 0 Å². The number of hydrogen-bond donors (Lipinski definition) is 1. The number of carbonyl (C=O) groups excluding carboxylic acids is 3. The second kappa shape index (κ2) is 8.93. The highest BCUT2D eigenvalue weighted by Crippen LogP contribution is 2.33. The van der Waals surface area contributed by atoms with Crippen molar-refractivity contribution >= 4 is 58.2 Å². The Morgan fingerprint density at radius 3 is 2.17 bits per heavy atom. The fourth-order valence-electron chi connectivity index (χ4n) is 3.99. The molecule has 6 nitrogen and oxygen atoms in total. The van der Waals surface area contributed by atoms with Crippen LogP contribution in [0.3, 0.4) is 0 Å². The van der Waals surface area contributed by atoms with Crippen molar-refractivity contribution in [2.75, 3.05) is 25.0 Å². The minimum absolute atomic E-state index is 0.00138. The van der Waals surface area contributed by atoms with Gasteiger partial charge in [0.25, 0.3) is 0 Å². The van der Waals surface area contributed by atoms with E-state index >= 15 is 0 Å². The van der Waals surface area contributed by atoms with Crippen LogP contribution in [0.5, 0.6) is 0 Å². The first-order chi connectivity index (χ1) is 14.0. The van der Waals surface area contributed by atoms with E-state index in [0.29, 0.717) is 53.2 Å². The van der Waals surface area contributed by atoms with Gasteiger partial charge in [-0.05, 0) is 45.7 Å². The summed E-state index contributed by atoms with van der Waals surface area (Å²) in [7, 11) is 0. The highest BCUT2D eigenvalue weighted by atomic mass is 35.5. The summed E-state index contributed by atoms with van der Waals surface area (Å²) in [6.45, 7) is 7.36. The maximum Gasteiger partial charge on any atom is 0.227 e. The van der Waals surface area contributed by atoms with Crippen LogP contribution >= 0.6 is 34.8 Å². The third-order valence-electron chi connectivity index (χ3n) is 5.73. The van der Waals surface area contributed by atoms with Gasteiger partial charge in [-0.25, -0.2) is 0 Å². The smallest absolute Gasteiger partial charge is 0.227 e. The first-order valence-electron chi connectivity index (χ1n) is 10.0. The lowest BCUT2D eigenvalue weighted by Gasteiger charge is -2.34. The molecule has 0 saturated carbocycles. The number of piperidine rings is 1. The van der Waals surface area contributed by atoms with Gasteiger partial charge in [-0.1, -0.05) is 34.8 Å².